The van der Waals surface area contributed by atoms with Gasteiger partial charge >= 0.3 is 5.97 Å². The van der Waals surface area contributed by atoms with Gasteiger partial charge in [-0.15, -0.1) is 0 Å². The van der Waals surface area contributed by atoms with E-state index in [1.165, 1.54) is 46.5 Å². The smallest absolute Gasteiger partial charge is 0.315 e. The SMILES string of the molecule is CC(C)(C(=O)CC1CC(Nc2nc3ccccc3s2)C1)c1nccnc1Cl.CC(C)(C(=O)O)c1nccnc1Cl.CC1(C)C(=O)N(C2CC(Nc3nc4ccccc4s3)C2)c2nccnc21.NC1CC(Nc2nc3ccccc3s2)C1. The first-order valence-electron chi connectivity index (χ1n) is 26.7. The number of nitrogens with one attached hydrogen (secondary N) is 3. The molecule has 81 heavy (non-hydrogen) atoms. The minimum absolute atomic E-state index is 0.0992. The fourth-order valence-corrected chi connectivity index (χ4v) is 13.6. The third-order valence-electron chi connectivity index (χ3n) is 15.2. The lowest BCUT2D eigenvalue weighted by atomic mass is 9.72. The predicted molar refractivity (Wildman–Crippen MR) is 324 cm³/mol. The minimum Gasteiger partial charge on any atom is -0.481 e. The second kappa shape index (κ2) is 23.9. The van der Waals surface area contributed by atoms with Gasteiger partial charge in [0.25, 0.3) is 0 Å². The van der Waals surface area contributed by atoms with Crippen LogP contribution in [-0.2, 0) is 30.6 Å². The zero-order chi connectivity index (χ0) is 57.2. The number of halogens is 2. The molecule has 3 aliphatic carbocycles. The first-order valence-corrected chi connectivity index (χ1v) is 29.9. The third kappa shape index (κ3) is 12.6. The van der Waals surface area contributed by atoms with Gasteiger partial charge in [-0.05, 0) is 122 Å². The molecule has 6 N–H and O–H groups in total. The number of nitrogens with zero attached hydrogens (tertiary/aromatic N) is 10. The van der Waals surface area contributed by atoms with E-state index in [1.54, 1.807) is 52.6 Å². The fraction of sp³-hybridized carbons (Fsp3) is 0.379. The van der Waals surface area contributed by atoms with Crippen LogP contribution < -0.4 is 26.6 Å². The maximum Gasteiger partial charge on any atom is 0.315 e. The predicted octanol–water partition coefficient (Wildman–Crippen LogP) is 11.9. The van der Waals surface area contributed by atoms with Crippen LogP contribution in [0.2, 0.25) is 10.3 Å². The molecule has 3 saturated carbocycles. The highest BCUT2D eigenvalue weighted by molar-refractivity contribution is 7.22. The van der Waals surface area contributed by atoms with Crippen molar-refractivity contribution in [1.82, 2.24) is 44.9 Å². The Labute approximate surface area is 490 Å². The molecular formula is C58H62Cl2N14O4S3. The monoisotopic (exact) mass is 1180 g/mol. The number of nitrogens with two attached hydrogens (primary N) is 1. The molecule has 13 rings (SSSR count). The Balaban J connectivity index is 0.000000127. The molecule has 3 aromatic carbocycles. The summed E-state index contributed by atoms with van der Waals surface area (Å²) in [5.74, 6) is 0.399. The van der Waals surface area contributed by atoms with E-state index in [4.69, 9.17) is 34.0 Å². The van der Waals surface area contributed by atoms with E-state index in [0.717, 1.165) is 82.0 Å². The van der Waals surface area contributed by atoms with Crippen molar-refractivity contribution in [3.8, 4) is 0 Å². The Morgan fingerprint density at radius 2 is 1.02 bits per heavy atom. The van der Waals surface area contributed by atoms with Gasteiger partial charge < -0.3 is 26.8 Å². The molecule has 4 aliphatic rings. The molecule has 1 amide bonds. The van der Waals surface area contributed by atoms with Crippen LogP contribution in [0.1, 0.15) is 104 Å². The van der Waals surface area contributed by atoms with E-state index in [2.05, 4.69) is 79.0 Å². The number of carbonyl (C=O) groups excluding carboxylic acids is 2. The molecule has 7 heterocycles. The van der Waals surface area contributed by atoms with Crippen LogP contribution in [0.4, 0.5) is 21.2 Å². The molecule has 3 fully saturated rings. The van der Waals surface area contributed by atoms with E-state index in [0.29, 0.717) is 47.4 Å². The van der Waals surface area contributed by atoms with Crippen LogP contribution >= 0.6 is 57.2 Å². The quantitative estimate of drug-likeness (QED) is 0.0719. The Bertz CT molecular complexity index is 3620. The standard InChI is InChI=1S/C20H21ClN4OS.C19H19N5OS.C11H13N3S.C8H9ClN2O2/c1-20(2,17-18(21)23-8-7-22-17)16(26)11-12-9-13(10-12)24-19-25-14-5-3-4-6-15(14)27-19;1-19(2)15-16(21-8-7-20-15)24(17(19)25)12-9-11(10-12)22-18-23-13-5-3-4-6-14(13)26-18;12-7-5-8(6-7)13-11-14-9-3-1-2-4-10(9)15-11;1-8(2,7(12)13)5-6(9)11-4-3-10-5/h3-8,12-13H,9-11H2,1-2H3,(H,24,25);3-8,11-12H,9-10H2,1-2H3,(H,22,23);1-4,7-8H,5-6,12H2,(H,13,14);3-4H,1-2H3,(H,12,13). The summed E-state index contributed by atoms with van der Waals surface area (Å²) in [5, 5.41) is 22.7. The highest BCUT2D eigenvalue weighted by Crippen LogP contribution is 2.44. The van der Waals surface area contributed by atoms with Gasteiger partial charge in [0.2, 0.25) is 5.91 Å². The number of aliphatic carboxylic acids is 1. The maximum atomic E-state index is 12.9. The topological polar surface area (TPSA) is 253 Å². The number of Topliss-reactive ketones (excluding diaryl/α,β-unsaturated/α-hetero) is 1. The number of rotatable bonds is 13. The number of hydrogen-bond donors (Lipinski definition) is 5. The van der Waals surface area contributed by atoms with Crippen LogP contribution in [0.3, 0.4) is 0 Å². The van der Waals surface area contributed by atoms with Gasteiger partial charge in [-0.3, -0.25) is 34.2 Å². The number of thiazole rings is 3. The number of aromatic nitrogens is 9. The zero-order valence-electron chi connectivity index (χ0n) is 45.5. The average Bonchev–Trinajstić information content (AvgIpc) is 4.19. The summed E-state index contributed by atoms with van der Waals surface area (Å²) in [6.45, 7) is 10.7. The van der Waals surface area contributed by atoms with Crippen molar-refractivity contribution in [2.45, 2.75) is 133 Å². The van der Waals surface area contributed by atoms with Crippen molar-refractivity contribution in [1.29, 1.82) is 0 Å². The number of carboxylic acid groups (broad SMARTS) is 1. The molecule has 6 aromatic heterocycles. The van der Waals surface area contributed by atoms with Crippen LogP contribution in [0.15, 0.2) is 110 Å². The molecular weight excluding hydrogens is 1120 g/mol. The first kappa shape index (κ1) is 57.4. The highest BCUT2D eigenvalue weighted by Gasteiger charge is 2.51. The van der Waals surface area contributed by atoms with E-state index in [-0.39, 0.29) is 28.6 Å². The van der Waals surface area contributed by atoms with Crippen LogP contribution in [0.5, 0.6) is 0 Å². The van der Waals surface area contributed by atoms with E-state index < -0.39 is 22.2 Å². The Kier molecular flexibility index (Phi) is 16.9. The first-order chi connectivity index (χ1) is 38.7. The molecule has 420 valence electrons. The lowest BCUT2D eigenvalue weighted by Crippen LogP contribution is -2.53. The molecule has 0 bridgehead atoms. The molecule has 0 radical (unpaired) electrons. The normalized spacial score (nSPS) is 20.7. The second-order valence-electron chi connectivity index (χ2n) is 22.3. The Morgan fingerprint density at radius 3 is 1.47 bits per heavy atom. The number of anilines is 4. The van der Waals surface area contributed by atoms with Crippen LogP contribution in [0.25, 0.3) is 30.6 Å². The molecule has 23 heteroatoms. The fourth-order valence-electron chi connectivity index (χ4n) is 10.1. The third-order valence-corrected chi connectivity index (χ3v) is 18.7. The molecule has 0 atom stereocenters. The van der Waals surface area contributed by atoms with Gasteiger partial charge in [0.15, 0.2) is 31.5 Å². The van der Waals surface area contributed by atoms with E-state index in [1.807, 2.05) is 87.2 Å². The van der Waals surface area contributed by atoms with E-state index >= 15 is 0 Å². The van der Waals surface area contributed by atoms with Crippen LogP contribution in [0, 0.1) is 5.92 Å². The van der Waals surface area contributed by atoms with Crippen molar-refractivity contribution in [3.05, 3.63) is 137 Å². The number of amides is 1. The molecule has 9 aromatic rings. The second-order valence-corrected chi connectivity index (χ2v) is 26.1. The molecule has 1 aliphatic heterocycles. The Hall–Kier alpha value is -6.88. The number of carbonyl (C=O) groups is 3. The summed E-state index contributed by atoms with van der Waals surface area (Å²) in [5.41, 5.74) is 8.06. The van der Waals surface area contributed by atoms with Crippen molar-refractivity contribution >= 4 is 127 Å². The Morgan fingerprint density at radius 1 is 0.617 bits per heavy atom. The van der Waals surface area contributed by atoms with Gasteiger partial charge in [0, 0.05) is 73.8 Å². The summed E-state index contributed by atoms with van der Waals surface area (Å²) in [6.07, 6.45) is 15.7. The van der Waals surface area contributed by atoms with Crippen molar-refractivity contribution < 1.29 is 19.5 Å². The largest absolute Gasteiger partial charge is 0.481 e. The van der Waals surface area contributed by atoms with Gasteiger partial charge in [-0.25, -0.2) is 29.9 Å². The van der Waals surface area contributed by atoms with Crippen LogP contribution in [-0.4, -0.2) is 97.8 Å². The summed E-state index contributed by atoms with van der Waals surface area (Å²) in [4.78, 5) is 77.1. The van der Waals surface area contributed by atoms with Gasteiger partial charge in [0.1, 0.15) is 11.2 Å². The lowest BCUT2D eigenvalue weighted by molar-refractivity contribution is -0.142. The summed E-state index contributed by atoms with van der Waals surface area (Å²) in [6, 6.07) is 26.3. The van der Waals surface area contributed by atoms with Crippen molar-refractivity contribution in [3.63, 3.8) is 0 Å². The summed E-state index contributed by atoms with van der Waals surface area (Å²) >= 11 is 16.9. The van der Waals surface area contributed by atoms with Gasteiger partial charge in [-0.2, -0.15) is 0 Å². The van der Waals surface area contributed by atoms with Gasteiger partial charge in [0.05, 0.1) is 58.6 Å². The van der Waals surface area contributed by atoms with Crippen molar-refractivity contribution in [2.75, 3.05) is 20.9 Å². The van der Waals surface area contributed by atoms with E-state index in [9.17, 15) is 14.4 Å². The van der Waals surface area contributed by atoms with Gasteiger partial charge in [-0.1, -0.05) is 93.6 Å². The number of benzene rings is 3. The zero-order valence-corrected chi connectivity index (χ0v) is 49.5. The highest BCUT2D eigenvalue weighted by atomic mass is 35.5. The lowest BCUT2D eigenvalue weighted by Gasteiger charge is -2.41. The molecule has 18 nitrogen and oxygen atoms in total. The summed E-state index contributed by atoms with van der Waals surface area (Å²) in [7, 11) is 0. The molecule has 0 saturated heterocycles. The number of fused-ring (bicyclic) bond motifs is 4. The number of ketones is 1. The molecule has 0 unspecified atom stereocenters. The number of carboxylic acids is 1. The maximum absolute atomic E-state index is 12.9. The average molecular weight is 1190 g/mol. The minimum atomic E-state index is -1.11. The number of para-hydroxylation sites is 3. The summed E-state index contributed by atoms with van der Waals surface area (Å²) < 4.78 is 3.61. The number of hydrogen-bond acceptors (Lipinski definition) is 19. The molecule has 0 spiro atoms. The van der Waals surface area contributed by atoms with Crippen molar-refractivity contribution in [2.24, 2.45) is 11.7 Å².